The summed E-state index contributed by atoms with van der Waals surface area (Å²) >= 11 is 0. The zero-order valence-corrected chi connectivity index (χ0v) is 15.9. The van der Waals surface area contributed by atoms with Crippen LogP contribution in [0.1, 0.15) is 13.8 Å². The van der Waals surface area contributed by atoms with Gasteiger partial charge in [0.25, 0.3) is 5.91 Å². The predicted octanol–water partition coefficient (Wildman–Crippen LogP) is 1.65. The molecule has 2 aromatic rings. The number of hydrogen-bond acceptors (Lipinski definition) is 6. The second kappa shape index (κ2) is 8.70. The van der Waals surface area contributed by atoms with E-state index in [0.717, 1.165) is 11.4 Å². The summed E-state index contributed by atoms with van der Waals surface area (Å²) < 4.78 is 5.25. The van der Waals surface area contributed by atoms with Gasteiger partial charge in [0.1, 0.15) is 18.3 Å². The first-order valence-electron chi connectivity index (χ1n) is 9.30. The van der Waals surface area contributed by atoms with Gasteiger partial charge in [0, 0.05) is 23.1 Å². The van der Waals surface area contributed by atoms with E-state index in [0.29, 0.717) is 5.69 Å². The molecule has 0 radical (unpaired) electrons. The van der Waals surface area contributed by atoms with E-state index in [9.17, 15) is 15.0 Å². The molecule has 28 heavy (non-hydrogen) atoms. The number of carbonyl (C=O) groups excluding carboxylic acids is 1. The van der Waals surface area contributed by atoms with Crippen molar-refractivity contribution >= 4 is 23.0 Å². The average molecular weight is 386 g/mol. The average Bonchev–Trinajstić information content (AvgIpc) is 2.98. The van der Waals surface area contributed by atoms with Crippen molar-refractivity contribution in [2.24, 2.45) is 0 Å². The van der Waals surface area contributed by atoms with Gasteiger partial charge in [0.05, 0.1) is 6.61 Å². The number of benzene rings is 2. The molecule has 2 aromatic carbocycles. The lowest BCUT2D eigenvalue weighted by Gasteiger charge is -2.29. The van der Waals surface area contributed by atoms with Crippen molar-refractivity contribution in [3.63, 3.8) is 0 Å². The Hall–Kier alpha value is -2.45. The highest BCUT2D eigenvalue weighted by atomic mass is 16.6. The van der Waals surface area contributed by atoms with Crippen LogP contribution in [0.2, 0.25) is 0 Å². The number of aliphatic hydroxyl groups is 3. The molecule has 4 N–H and O–H groups in total. The van der Waals surface area contributed by atoms with Crippen LogP contribution in [0.5, 0.6) is 0 Å². The number of nitrogens with one attached hydrogen (secondary N) is 1. The quantitative estimate of drug-likeness (QED) is 0.602. The van der Waals surface area contributed by atoms with Gasteiger partial charge < -0.3 is 30.3 Å². The Morgan fingerprint density at radius 1 is 1.04 bits per heavy atom. The van der Waals surface area contributed by atoms with Gasteiger partial charge in [-0.05, 0) is 50.2 Å². The molecule has 0 saturated carbocycles. The fraction of sp³-hybridized carbons (Fsp3) is 0.381. The minimum atomic E-state index is -1.38. The van der Waals surface area contributed by atoms with Crippen LogP contribution in [0, 0.1) is 0 Å². The highest BCUT2D eigenvalue weighted by Gasteiger charge is 2.45. The molecule has 1 fully saturated rings. The predicted molar refractivity (Wildman–Crippen MR) is 107 cm³/mol. The molecule has 150 valence electrons. The molecule has 0 aliphatic carbocycles. The van der Waals surface area contributed by atoms with Gasteiger partial charge in [0.2, 0.25) is 0 Å². The van der Waals surface area contributed by atoms with Gasteiger partial charge in [-0.3, -0.25) is 4.79 Å². The number of ether oxygens (including phenoxy) is 1. The number of aliphatic hydroxyl groups excluding tert-OH is 3. The van der Waals surface area contributed by atoms with E-state index in [1.165, 1.54) is 0 Å². The standard InChI is InChI=1S/C21H26N2O5/c1-13(2)23(15-6-4-3-5-7-15)16-10-8-14(9-11-16)22-21(27)20-19(26)18(25)17(12-24)28-20/h3-11,13,17-20,24-26H,12H2,1-2H3,(H,22,27)/t17-,18-,19-,20-/m1/s1. The molecule has 1 saturated heterocycles. The fourth-order valence-corrected chi connectivity index (χ4v) is 3.37. The molecular weight excluding hydrogens is 360 g/mol. The van der Waals surface area contributed by atoms with Crippen molar-refractivity contribution in [3.05, 3.63) is 54.6 Å². The summed E-state index contributed by atoms with van der Waals surface area (Å²) in [5.74, 6) is -0.570. The van der Waals surface area contributed by atoms with E-state index < -0.39 is 36.9 Å². The van der Waals surface area contributed by atoms with Gasteiger partial charge in [-0.25, -0.2) is 0 Å². The molecule has 1 amide bonds. The maximum Gasteiger partial charge on any atom is 0.256 e. The summed E-state index contributed by atoms with van der Waals surface area (Å²) in [6.45, 7) is 3.73. The monoisotopic (exact) mass is 386 g/mol. The Bertz CT molecular complexity index is 781. The molecule has 0 bridgehead atoms. The van der Waals surface area contributed by atoms with E-state index in [4.69, 9.17) is 9.84 Å². The first-order valence-corrected chi connectivity index (χ1v) is 9.30. The molecule has 0 aromatic heterocycles. The zero-order valence-electron chi connectivity index (χ0n) is 15.9. The van der Waals surface area contributed by atoms with Gasteiger partial charge in [-0.2, -0.15) is 0 Å². The highest BCUT2D eigenvalue weighted by molar-refractivity contribution is 5.95. The minimum Gasteiger partial charge on any atom is -0.394 e. The van der Waals surface area contributed by atoms with Crippen molar-refractivity contribution in [3.8, 4) is 0 Å². The van der Waals surface area contributed by atoms with Crippen LogP contribution in [-0.4, -0.2) is 58.3 Å². The first-order chi connectivity index (χ1) is 13.4. The number of anilines is 3. The lowest BCUT2D eigenvalue weighted by molar-refractivity contribution is -0.130. The largest absolute Gasteiger partial charge is 0.394 e. The molecule has 7 nitrogen and oxygen atoms in total. The summed E-state index contributed by atoms with van der Waals surface area (Å²) in [5, 5.41) is 31.5. The molecule has 0 unspecified atom stereocenters. The Labute approximate surface area is 164 Å². The van der Waals surface area contributed by atoms with Crippen LogP contribution < -0.4 is 10.2 Å². The number of hydrogen-bond donors (Lipinski definition) is 4. The summed E-state index contributed by atoms with van der Waals surface area (Å²) in [6, 6.07) is 17.6. The third-order valence-corrected chi connectivity index (χ3v) is 4.76. The maximum atomic E-state index is 12.4. The van der Waals surface area contributed by atoms with Crippen molar-refractivity contribution in [1.82, 2.24) is 0 Å². The van der Waals surface area contributed by atoms with Crippen molar-refractivity contribution in [1.29, 1.82) is 0 Å². The first kappa shape index (κ1) is 20.3. The summed E-state index contributed by atoms with van der Waals surface area (Å²) in [7, 11) is 0. The van der Waals surface area contributed by atoms with Crippen molar-refractivity contribution in [2.75, 3.05) is 16.8 Å². The van der Waals surface area contributed by atoms with Gasteiger partial charge >= 0.3 is 0 Å². The van der Waals surface area contributed by atoms with Crippen LogP contribution in [0.3, 0.4) is 0 Å². The van der Waals surface area contributed by atoms with Crippen LogP contribution in [0.4, 0.5) is 17.1 Å². The minimum absolute atomic E-state index is 0.238. The van der Waals surface area contributed by atoms with Gasteiger partial charge in [-0.1, -0.05) is 18.2 Å². The number of rotatable bonds is 6. The van der Waals surface area contributed by atoms with E-state index >= 15 is 0 Å². The van der Waals surface area contributed by atoms with Crippen molar-refractivity contribution < 1.29 is 24.9 Å². The summed E-state index contributed by atoms with van der Waals surface area (Å²) in [6.07, 6.45) is -4.89. The number of carbonyl (C=O) groups is 1. The summed E-state index contributed by atoms with van der Waals surface area (Å²) in [5.41, 5.74) is 2.59. The van der Waals surface area contributed by atoms with Crippen LogP contribution >= 0.6 is 0 Å². The third kappa shape index (κ3) is 4.18. The maximum absolute atomic E-state index is 12.4. The van der Waals surface area contributed by atoms with Gasteiger partial charge in [-0.15, -0.1) is 0 Å². The number of nitrogens with zero attached hydrogens (tertiary/aromatic N) is 1. The Kier molecular flexibility index (Phi) is 6.31. The molecule has 1 aliphatic heterocycles. The Morgan fingerprint density at radius 2 is 1.64 bits per heavy atom. The molecule has 1 heterocycles. The molecule has 7 heteroatoms. The third-order valence-electron chi connectivity index (χ3n) is 4.76. The van der Waals surface area contributed by atoms with E-state index in [2.05, 4.69) is 24.1 Å². The molecule has 0 spiro atoms. The lowest BCUT2D eigenvalue weighted by atomic mass is 10.1. The normalized spacial score (nSPS) is 24.4. The fourth-order valence-electron chi connectivity index (χ4n) is 3.37. The second-order valence-electron chi connectivity index (χ2n) is 7.09. The van der Waals surface area contributed by atoms with Crippen molar-refractivity contribution in [2.45, 2.75) is 44.3 Å². The Balaban J connectivity index is 1.71. The molecule has 4 atom stereocenters. The SMILES string of the molecule is CC(C)N(c1ccccc1)c1ccc(NC(=O)[C@@H]2O[C@H](CO)[C@@H](O)[C@H]2O)cc1. The van der Waals surface area contributed by atoms with Crippen LogP contribution in [0.15, 0.2) is 54.6 Å². The smallest absolute Gasteiger partial charge is 0.256 e. The number of para-hydroxylation sites is 1. The van der Waals surface area contributed by atoms with Crippen LogP contribution in [0.25, 0.3) is 0 Å². The molecule has 1 aliphatic rings. The van der Waals surface area contributed by atoms with Gasteiger partial charge in [0.15, 0.2) is 6.10 Å². The van der Waals surface area contributed by atoms with E-state index in [1.54, 1.807) is 12.1 Å². The zero-order chi connectivity index (χ0) is 20.3. The number of amides is 1. The molecule has 3 rings (SSSR count). The molecular formula is C21H26N2O5. The van der Waals surface area contributed by atoms with E-state index in [1.807, 2.05) is 42.5 Å². The van der Waals surface area contributed by atoms with Crippen LogP contribution in [-0.2, 0) is 9.53 Å². The lowest BCUT2D eigenvalue weighted by Crippen LogP contribution is -2.39. The topological polar surface area (TPSA) is 102 Å². The summed E-state index contributed by atoms with van der Waals surface area (Å²) in [4.78, 5) is 14.6. The second-order valence-corrected chi connectivity index (χ2v) is 7.09. The Morgan fingerprint density at radius 3 is 2.18 bits per heavy atom. The highest BCUT2D eigenvalue weighted by Crippen LogP contribution is 2.29. The van der Waals surface area contributed by atoms with E-state index in [-0.39, 0.29) is 6.04 Å².